The number of anilines is 1. The number of nitrogen functional groups attached to an aromatic ring is 1. The molecule has 4 rings (SSSR count). The van der Waals surface area contributed by atoms with Crippen molar-refractivity contribution in [2.24, 2.45) is 5.10 Å². The van der Waals surface area contributed by atoms with E-state index in [1.807, 2.05) is 78.5 Å². The van der Waals surface area contributed by atoms with Crippen LogP contribution >= 0.6 is 0 Å². The second-order valence-electron chi connectivity index (χ2n) is 6.27. The maximum atomic E-state index is 6.08. The maximum Gasteiger partial charge on any atom is 0.155 e. The highest BCUT2D eigenvalue weighted by atomic mass is 16.5. The van der Waals surface area contributed by atoms with Crippen molar-refractivity contribution >= 4 is 28.5 Å². The largest absolute Gasteiger partial charge is 0.488 e. The van der Waals surface area contributed by atoms with E-state index in [0.717, 1.165) is 39.2 Å². The zero-order valence-electron chi connectivity index (χ0n) is 14.8. The van der Waals surface area contributed by atoms with E-state index in [-0.39, 0.29) is 0 Å². The second-order valence-corrected chi connectivity index (χ2v) is 6.27. The normalized spacial score (nSPS) is 11.3. The quantitative estimate of drug-likeness (QED) is 0.213. The number of H-pyrrole nitrogens is 1. The minimum Gasteiger partial charge on any atom is -0.488 e. The van der Waals surface area contributed by atoms with Crippen LogP contribution in [-0.2, 0) is 6.61 Å². The molecule has 1 aromatic heterocycles. The van der Waals surface area contributed by atoms with Gasteiger partial charge >= 0.3 is 0 Å². The molecule has 0 spiro atoms. The van der Waals surface area contributed by atoms with Crippen molar-refractivity contribution in [3.8, 4) is 5.75 Å². The van der Waals surface area contributed by atoms with Gasteiger partial charge in [0.1, 0.15) is 12.4 Å². The highest BCUT2D eigenvalue weighted by Crippen LogP contribution is 2.28. The van der Waals surface area contributed by atoms with Gasteiger partial charge in [0.2, 0.25) is 0 Å². The number of ether oxygens (including phenoxy) is 1. The predicted molar refractivity (Wildman–Crippen MR) is 109 cm³/mol. The van der Waals surface area contributed by atoms with Crippen LogP contribution in [0.2, 0.25) is 0 Å². The Kier molecular flexibility index (Phi) is 4.85. The summed E-state index contributed by atoms with van der Waals surface area (Å²) in [6.45, 7) is 0.527. The number of nitrogens with two attached hydrogens (primary N) is 2. The topological polar surface area (TPSA) is 80.0 Å². The first-order valence-electron chi connectivity index (χ1n) is 8.78. The molecule has 0 saturated carbocycles. The zero-order chi connectivity index (χ0) is 18.5. The molecule has 1 heterocycles. The van der Waals surface area contributed by atoms with Crippen molar-refractivity contribution < 1.29 is 10.2 Å². The number of quaternary nitrogens is 1. The molecule has 0 bridgehead atoms. The first kappa shape index (κ1) is 16.9. The molecular formula is C22H21N4O+. The Bertz CT molecular complexity index is 1050. The molecule has 134 valence electrons. The fourth-order valence-corrected chi connectivity index (χ4v) is 2.92. The van der Waals surface area contributed by atoms with Gasteiger partial charge in [0.15, 0.2) is 5.69 Å². The van der Waals surface area contributed by atoms with Gasteiger partial charge in [0, 0.05) is 35.1 Å². The highest BCUT2D eigenvalue weighted by molar-refractivity contribution is 6.02. The first-order valence-corrected chi connectivity index (χ1v) is 8.78. The van der Waals surface area contributed by atoms with Crippen molar-refractivity contribution in [1.82, 2.24) is 4.98 Å². The van der Waals surface area contributed by atoms with Crippen molar-refractivity contribution in [1.29, 1.82) is 0 Å². The summed E-state index contributed by atoms with van der Waals surface area (Å²) in [7, 11) is 0. The molecule has 0 saturated heterocycles. The van der Waals surface area contributed by atoms with Crippen molar-refractivity contribution in [2.75, 3.05) is 5.73 Å². The van der Waals surface area contributed by atoms with Crippen molar-refractivity contribution in [3.63, 3.8) is 0 Å². The van der Waals surface area contributed by atoms with Crippen LogP contribution < -0.4 is 15.9 Å². The summed E-state index contributed by atoms with van der Waals surface area (Å²) in [5, 5.41) is 5.49. The van der Waals surface area contributed by atoms with Crippen molar-refractivity contribution in [2.45, 2.75) is 6.61 Å². The Hall–Kier alpha value is -3.57. The van der Waals surface area contributed by atoms with E-state index in [4.69, 9.17) is 10.5 Å². The van der Waals surface area contributed by atoms with Crippen LogP contribution in [0.5, 0.6) is 5.75 Å². The highest BCUT2D eigenvalue weighted by Gasteiger charge is 2.09. The molecule has 0 fully saturated rings. The summed E-state index contributed by atoms with van der Waals surface area (Å²) < 4.78 is 6.08. The average molecular weight is 357 g/mol. The van der Waals surface area contributed by atoms with Gasteiger partial charge in [-0.1, -0.05) is 41.5 Å². The van der Waals surface area contributed by atoms with Crippen LogP contribution in [0.3, 0.4) is 0 Å². The number of hydrogen-bond acceptors (Lipinski definition) is 3. The number of nitrogens with zero attached hydrogens (tertiary/aromatic N) is 1. The van der Waals surface area contributed by atoms with Gasteiger partial charge in [-0.15, -0.1) is 0 Å². The Morgan fingerprint density at radius 1 is 0.963 bits per heavy atom. The van der Waals surface area contributed by atoms with E-state index >= 15 is 0 Å². The fraction of sp³-hybridized carbons (Fsp3) is 0.0455. The average Bonchev–Trinajstić information content (AvgIpc) is 3.12. The van der Waals surface area contributed by atoms with Crippen LogP contribution in [0.4, 0.5) is 11.4 Å². The minimum absolute atomic E-state index is 0.527. The third-order valence-corrected chi connectivity index (χ3v) is 4.31. The number of fused-ring (bicyclic) bond motifs is 1. The van der Waals surface area contributed by atoms with E-state index in [1.165, 1.54) is 0 Å². The molecule has 4 aromatic rings. The Balaban J connectivity index is 1.54. The van der Waals surface area contributed by atoms with E-state index < -0.39 is 0 Å². The summed E-state index contributed by atoms with van der Waals surface area (Å²) in [6.07, 6.45) is 3.78. The van der Waals surface area contributed by atoms with Crippen molar-refractivity contribution in [3.05, 3.63) is 90.1 Å². The number of aromatic nitrogens is 1. The lowest BCUT2D eigenvalue weighted by molar-refractivity contribution is -0.576. The van der Waals surface area contributed by atoms with Gasteiger partial charge in [-0.3, -0.25) is 0 Å². The molecule has 0 aliphatic rings. The molecule has 3 aromatic carbocycles. The van der Waals surface area contributed by atoms with Gasteiger partial charge in [-0.05, 0) is 29.8 Å². The SMILES string of the molecule is Nc1ccc([NH2+]/N=C/c2c[nH]c3cccc(OCc4ccccc4)c23)cc1. The Labute approximate surface area is 157 Å². The Morgan fingerprint density at radius 3 is 2.59 bits per heavy atom. The molecule has 5 N–H and O–H groups in total. The van der Waals surface area contributed by atoms with E-state index in [2.05, 4.69) is 22.2 Å². The van der Waals surface area contributed by atoms with Gasteiger partial charge in [-0.25, -0.2) is 0 Å². The summed E-state index contributed by atoms with van der Waals surface area (Å²) in [5.74, 6) is 0.839. The van der Waals surface area contributed by atoms with Crippen LogP contribution in [0, 0.1) is 0 Å². The smallest absolute Gasteiger partial charge is 0.155 e. The molecule has 0 amide bonds. The van der Waals surface area contributed by atoms with Crippen LogP contribution in [0.15, 0.2) is 84.1 Å². The molecular weight excluding hydrogens is 336 g/mol. The first-order chi connectivity index (χ1) is 13.3. The van der Waals surface area contributed by atoms with E-state index in [0.29, 0.717) is 6.61 Å². The van der Waals surface area contributed by atoms with Gasteiger partial charge in [0.25, 0.3) is 0 Å². The zero-order valence-corrected chi connectivity index (χ0v) is 14.8. The number of nitrogens with one attached hydrogen (secondary N) is 1. The fourth-order valence-electron chi connectivity index (χ4n) is 2.92. The van der Waals surface area contributed by atoms with Crippen LogP contribution in [0.1, 0.15) is 11.1 Å². The molecule has 27 heavy (non-hydrogen) atoms. The number of benzene rings is 3. The predicted octanol–water partition coefficient (Wildman–Crippen LogP) is 3.56. The van der Waals surface area contributed by atoms with Crippen LogP contribution in [-0.4, -0.2) is 11.2 Å². The third-order valence-electron chi connectivity index (χ3n) is 4.31. The monoisotopic (exact) mass is 357 g/mol. The number of rotatable bonds is 6. The molecule has 0 aliphatic carbocycles. The van der Waals surface area contributed by atoms with Gasteiger partial charge in [-0.2, -0.15) is 5.43 Å². The standard InChI is InChI=1S/C22H20N4O/c23-18-9-11-19(12-10-18)26-25-14-17-13-24-20-7-4-8-21(22(17)20)27-15-16-5-2-1-3-6-16/h1-14,24,26H,15,23H2/p+1/b25-14+. The maximum absolute atomic E-state index is 6.08. The minimum atomic E-state index is 0.527. The molecule has 5 heteroatoms. The molecule has 5 nitrogen and oxygen atoms in total. The third kappa shape index (κ3) is 3.99. The number of aromatic amines is 1. The lowest BCUT2D eigenvalue weighted by atomic mass is 10.1. The Morgan fingerprint density at radius 2 is 1.78 bits per heavy atom. The molecule has 0 atom stereocenters. The lowest BCUT2D eigenvalue weighted by Gasteiger charge is -2.08. The van der Waals surface area contributed by atoms with Gasteiger partial charge in [0.05, 0.1) is 11.6 Å². The van der Waals surface area contributed by atoms with E-state index in [1.54, 1.807) is 0 Å². The summed E-state index contributed by atoms with van der Waals surface area (Å²) in [5.41, 5.74) is 12.4. The molecule has 0 radical (unpaired) electrons. The summed E-state index contributed by atoms with van der Waals surface area (Å²) in [4.78, 5) is 3.28. The summed E-state index contributed by atoms with van der Waals surface area (Å²) in [6, 6.07) is 23.8. The lowest BCUT2D eigenvalue weighted by Crippen LogP contribution is -2.71. The second kappa shape index (κ2) is 7.76. The van der Waals surface area contributed by atoms with E-state index in [9.17, 15) is 0 Å². The van der Waals surface area contributed by atoms with Gasteiger partial charge < -0.3 is 15.5 Å². The molecule has 0 unspecified atom stereocenters. The summed E-state index contributed by atoms with van der Waals surface area (Å²) >= 11 is 0. The molecule has 0 aliphatic heterocycles. The van der Waals surface area contributed by atoms with Crippen LogP contribution in [0.25, 0.3) is 10.9 Å². The number of hydrogen-bond donors (Lipinski definition) is 3.